The molecule has 0 aromatic heterocycles. The van der Waals surface area contributed by atoms with Gasteiger partial charge in [0.2, 0.25) is 11.8 Å². The smallest absolute Gasteiger partial charge is 0.245 e. The van der Waals surface area contributed by atoms with E-state index in [2.05, 4.69) is 12.6 Å². The van der Waals surface area contributed by atoms with Crippen LogP contribution in [0.25, 0.3) is 0 Å². The summed E-state index contributed by atoms with van der Waals surface area (Å²) in [6, 6.07) is 9.22. The molecule has 2 amide bonds. The predicted octanol–water partition coefficient (Wildman–Crippen LogP) is 2.35. The van der Waals surface area contributed by atoms with Crippen LogP contribution in [0.5, 0.6) is 5.75 Å². The second kappa shape index (κ2) is 8.72. The third-order valence-corrected chi connectivity index (χ3v) is 5.37. The maximum atomic E-state index is 12.8. The van der Waals surface area contributed by atoms with Gasteiger partial charge in [-0.15, -0.1) is 0 Å². The van der Waals surface area contributed by atoms with Crippen LogP contribution in [0.3, 0.4) is 0 Å². The van der Waals surface area contributed by atoms with Crippen molar-refractivity contribution in [1.82, 2.24) is 9.80 Å². The standard InChI is InChI=1S/C21H25N3O3/c1-2-20(25)23-11-7-17(8-12-23)21(26)24-13-9-19(10-14-24)27-18-5-3-16(15-22)4-6-18/h2-6,17,19H,1,7-14H2. The van der Waals surface area contributed by atoms with Gasteiger partial charge in [-0.25, -0.2) is 0 Å². The number of piperidine rings is 2. The molecule has 0 saturated carbocycles. The minimum Gasteiger partial charge on any atom is -0.490 e. The van der Waals surface area contributed by atoms with Crippen molar-refractivity contribution in [3.8, 4) is 11.8 Å². The van der Waals surface area contributed by atoms with Crippen molar-refractivity contribution in [3.63, 3.8) is 0 Å². The summed E-state index contributed by atoms with van der Waals surface area (Å²) < 4.78 is 5.98. The van der Waals surface area contributed by atoms with E-state index in [0.717, 1.165) is 31.4 Å². The molecule has 3 rings (SSSR count). The number of carbonyl (C=O) groups is 2. The Morgan fingerprint density at radius 1 is 1.04 bits per heavy atom. The Balaban J connectivity index is 1.44. The lowest BCUT2D eigenvalue weighted by Gasteiger charge is -2.37. The molecule has 0 bridgehead atoms. The van der Waals surface area contributed by atoms with Crippen LogP contribution in [0, 0.1) is 17.2 Å². The van der Waals surface area contributed by atoms with E-state index in [1.165, 1.54) is 6.08 Å². The number of likely N-dealkylation sites (tertiary alicyclic amines) is 2. The Morgan fingerprint density at radius 3 is 2.19 bits per heavy atom. The Hall–Kier alpha value is -2.81. The second-order valence-electron chi connectivity index (χ2n) is 7.08. The normalized spacial score (nSPS) is 18.6. The monoisotopic (exact) mass is 367 g/mol. The van der Waals surface area contributed by atoms with Crippen LogP contribution < -0.4 is 4.74 Å². The van der Waals surface area contributed by atoms with Crippen molar-refractivity contribution in [2.75, 3.05) is 26.2 Å². The number of ether oxygens (including phenoxy) is 1. The number of rotatable bonds is 4. The van der Waals surface area contributed by atoms with E-state index in [1.54, 1.807) is 17.0 Å². The van der Waals surface area contributed by atoms with E-state index in [9.17, 15) is 9.59 Å². The first kappa shape index (κ1) is 19.0. The molecule has 2 saturated heterocycles. The van der Waals surface area contributed by atoms with Gasteiger partial charge < -0.3 is 14.5 Å². The fourth-order valence-corrected chi connectivity index (χ4v) is 3.73. The molecule has 27 heavy (non-hydrogen) atoms. The second-order valence-corrected chi connectivity index (χ2v) is 7.08. The van der Waals surface area contributed by atoms with Gasteiger partial charge in [0.25, 0.3) is 0 Å². The van der Waals surface area contributed by atoms with Crippen LogP contribution in [0.15, 0.2) is 36.9 Å². The van der Waals surface area contributed by atoms with Gasteiger partial charge in [-0.05, 0) is 43.2 Å². The molecule has 6 heteroatoms. The van der Waals surface area contributed by atoms with Crippen LogP contribution in [0.4, 0.5) is 0 Å². The lowest BCUT2D eigenvalue weighted by molar-refractivity contribution is -0.140. The fourth-order valence-electron chi connectivity index (χ4n) is 3.73. The van der Waals surface area contributed by atoms with Gasteiger partial charge in [0.05, 0.1) is 11.6 Å². The van der Waals surface area contributed by atoms with Crippen molar-refractivity contribution in [2.45, 2.75) is 31.8 Å². The van der Waals surface area contributed by atoms with E-state index < -0.39 is 0 Å². The van der Waals surface area contributed by atoms with E-state index >= 15 is 0 Å². The fraction of sp³-hybridized carbons (Fsp3) is 0.476. The molecule has 0 atom stereocenters. The van der Waals surface area contributed by atoms with Crippen LogP contribution >= 0.6 is 0 Å². The quantitative estimate of drug-likeness (QED) is 0.766. The van der Waals surface area contributed by atoms with Crippen molar-refractivity contribution in [1.29, 1.82) is 5.26 Å². The molecular weight excluding hydrogens is 342 g/mol. The Bertz CT molecular complexity index is 722. The predicted molar refractivity (Wildman–Crippen MR) is 101 cm³/mol. The lowest BCUT2D eigenvalue weighted by atomic mass is 9.94. The zero-order valence-corrected chi connectivity index (χ0v) is 15.5. The zero-order valence-electron chi connectivity index (χ0n) is 15.5. The number of carbonyl (C=O) groups excluding carboxylic acids is 2. The lowest BCUT2D eigenvalue weighted by Crippen LogP contribution is -2.47. The molecule has 2 fully saturated rings. The first-order valence-electron chi connectivity index (χ1n) is 9.47. The van der Waals surface area contributed by atoms with Crippen LogP contribution in [0.2, 0.25) is 0 Å². The molecule has 0 unspecified atom stereocenters. The summed E-state index contributed by atoms with van der Waals surface area (Å²) >= 11 is 0. The highest BCUT2D eigenvalue weighted by molar-refractivity contribution is 5.87. The largest absolute Gasteiger partial charge is 0.490 e. The summed E-state index contributed by atoms with van der Waals surface area (Å²) in [5.74, 6) is 0.923. The summed E-state index contributed by atoms with van der Waals surface area (Å²) in [6.45, 7) is 6.17. The Kier molecular flexibility index (Phi) is 6.12. The molecule has 2 aliphatic rings. The van der Waals surface area contributed by atoms with E-state index in [1.807, 2.05) is 17.0 Å². The third kappa shape index (κ3) is 4.68. The van der Waals surface area contributed by atoms with Gasteiger partial charge in [-0.3, -0.25) is 9.59 Å². The molecule has 0 N–H and O–H groups in total. The summed E-state index contributed by atoms with van der Waals surface area (Å²) in [6.07, 6.45) is 4.48. The number of hydrogen-bond donors (Lipinski definition) is 0. The maximum absolute atomic E-state index is 12.8. The zero-order chi connectivity index (χ0) is 19.2. The average molecular weight is 367 g/mol. The summed E-state index contributed by atoms with van der Waals surface area (Å²) in [7, 11) is 0. The van der Waals surface area contributed by atoms with Gasteiger partial charge in [0, 0.05) is 44.9 Å². The highest BCUT2D eigenvalue weighted by Gasteiger charge is 2.32. The van der Waals surface area contributed by atoms with E-state index in [0.29, 0.717) is 31.7 Å². The van der Waals surface area contributed by atoms with Gasteiger partial charge in [-0.1, -0.05) is 6.58 Å². The molecule has 2 heterocycles. The number of hydrogen-bond acceptors (Lipinski definition) is 4. The van der Waals surface area contributed by atoms with Gasteiger partial charge in [0.15, 0.2) is 0 Å². The minimum absolute atomic E-state index is 0.00913. The maximum Gasteiger partial charge on any atom is 0.245 e. The molecular formula is C21H25N3O3. The van der Waals surface area contributed by atoms with Crippen LogP contribution in [-0.4, -0.2) is 53.9 Å². The summed E-state index contributed by atoms with van der Waals surface area (Å²) in [5, 5.41) is 8.84. The van der Waals surface area contributed by atoms with Gasteiger partial charge in [-0.2, -0.15) is 5.26 Å². The SMILES string of the molecule is C=CC(=O)N1CCC(C(=O)N2CCC(Oc3ccc(C#N)cc3)CC2)CC1. The van der Waals surface area contributed by atoms with Crippen molar-refractivity contribution < 1.29 is 14.3 Å². The summed E-state index contributed by atoms with van der Waals surface area (Å²) in [5.41, 5.74) is 0.614. The molecule has 142 valence electrons. The number of benzene rings is 1. The number of nitriles is 1. The molecule has 1 aromatic rings. The first-order valence-corrected chi connectivity index (χ1v) is 9.47. The van der Waals surface area contributed by atoms with Crippen molar-refractivity contribution in [2.24, 2.45) is 5.92 Å². The Labute approximate surface area is 160 Å². The average Bonchev–Trinajstić information content (AvgIpc) is 2.74. The molecule has 2 aliphatic heterocycles. The van der Waals surface area contributed by atoms with Crippen molar-refractivity contribution >= 4 is 11.8 Å². The van der Waals surface area contributed by atoms with Gasteiger partial charge in [0.1, 0.15) is 11.9 Å². The summed E-state index contributed by atoms with van der Waals surface area (Å²) in [4.78, 5) is 28.1. The van der Waals surface area contributed by atoms with E-state index in [-0.39, 0.29) is 23.8 Å². The Morgan fingerprint density at radius 2 is 1.63 bits per heavy atom. The van der Waals surface area contributed by atoms with Crippen molar-refractivity contribution in [3.05, 3.63) is 42.5 Å². The highest BCUT2D eigenvalue weighted by Crippen LogP contribution is 2.24. The molecule has 0 aliphatic carbocycles. The van der Waals surface area contributed by atoms with Gasteiger partial charge >= 0.3 is 0 Å². The molecule has 6 nitrogen and oxygen atoms in total. The molecule has 1 aromatic carbocycles. The number of nitrogens with zero attached hydrogens (tertiary/aromatic N) is 3. The topological polar surface area (TPSA) is 73.6 Å². The highest BCUT2D eigenvalue weighted by atomic mass is 16.5. The minimum atomic E-state index is -0.0540. The van der Waals surface area contributed by atoms with E-state index in [4.69, 9.17) is 10.00 Å². The van der Waals surface area contributed by atoms with Crippen LogP contribution in [0.1, 0.15) is 31.2 Å². The van der Waals surface area contributed by atoms with Crippen LogP contribution in [-0.2, 0) is 9.59 Å². The third-order valence-electron chi connectivity index (χ3n) is 5.37. The number of amides is 2. The molecule has 0 radical (unpaired) electrons. The first-order chi connectivity index (χ1) is 13.1. The molecule has 0 spiro atoms.